The summed E-state index contributed by atoms with van der Waals surface area (Å²) in [5.74, 6) is 7.46. The Morgan fingerprint density at radius 2 is 2.00 bits per heavy atom. The topological polar surface area (TPSA) is 99.9 Å². The quantitative estimate of drug-likeness (QED) is 0.293. The molecule has 150 valence electrons. The Bertz CT molecular complexity index is 931. The van der Waals surface area contributed by atoms with Crippen LogP contribution in [0.3, 0.4) is 0 Å². The SMILES string of the molecule is C#CCCCOc1cc(/C=C/C(=O)Nc2ccccc2C(=O)ON)ccc1OC. The zero-order valence-electron chi connectivity index (χ0n) is 16.0. The Morgan fingerprint density at radius 1 is 1.21 bits per heavy atom. The third-order valence-electron chi connectivity index (χ3n) is 3.85. The van der Waals surface area contributed by atoms with Crippen LogP contribution >= 0.6 is 0 Å². The highest BCUT2D eigenvalue weighted by atomic mass is 16.7. The number of nitrogens with one attached hydrogen (secondary N) is 1. The summed E-state index contributed by atoms with van der Waals surface area (Å²) in [6.07, 6.45) is 9.55. The first-order valence-electron chi connectivity index (χ1n) is 8.82. The van der Waals surface area contributed by atoms with Crippen LogP contribution < -0.4 is 20.7 Å². The number of hydrogen-bond donors (Lipinski definition) is 2. The average Bonchev–Trinajstić information content (AvgIpc) is 2.75. The molecule has 0 aliphatic rings. The molecule has 0 aliphatic heterocycles. The number of methoxy groups -OCH3 is 1. The highest BCUT2D eigenvalue weighted by Gasteiger charge is 2.12. The van der Waals surface area contributed by atoms with Crippen LogP contribution in [0.1, 0.15) is 28.8 Å². The van der Waals surface area contributed by atoms with Gasteiger partial charge in [0.2, 0.25) is 5.91 Å². The van der Waals surface area contributed by atoms with Crippen molar-refractivity contribution in [2.24, 2.45) is 5.90 Å². The van der Waals surface area contributed by atoms with E-state index in [1.165, 1.54) is 12.1 Å². The number of amides is 1. The standard InChI is InChI=1S/C22H22N2O5/c1-3-4-7-14-28-20-15-16(10-12-19(20)27-2)11-13-21(25)24-18-9-6-5-8-17(18)22(26)29-23/h1,5-6,8-13,15H,4,7,14,23H2,2H3,(H,24,25)/b13-11+. The second-order valence-corrected chi connectivity index (χ2v) is 5.84. The maximum absolute atomic E-state index is 12.2. The Labute approximate surface area is 169 Å². The van der Waals surface area contributed by atoms with Crippen LogP contribution in [0.2, 0.25) is 0 Å². The number of ether oxygens (including phenoxy) is 2. The van der Waals surface area contributed by atoms with Gasteiger partial charge < -0.3 is 19.6 Å². The van der Waals surface area contributed by atoms with Gasteiger partial charge in [0.1, 0.15) is 0 Å². The molecule has 0 fully saturated rings. The van der Waals surface area contributed by atoms with E-state index in [4.69, 9.17) is 21.8 Å². The van der Waals surface area contributed by atoms with Crippen LogP contribution in [-0.2, 0) is 9.63 Å². The van der Waals surface area contributed by atoms with Crippen molar-refractivity contribution in [3.05, 3.63) is 59.7 Å². The predicted octanol–water partition coefficient (Wildman–Crippen LogP) is 3.17. The van der Waals surface area contributed by atoms with Crippen molar-refractivity contribution in [3.63, 3.8) is 0 Å². The lowest BCUT2D eigenvalue weighted by Crippen LogP contribution is -2.15. The van der Waals surface area contributed by atoms with Gasteiger partial charge in [0, 0.05) is 12.5 Å². The van der Waals surface area contributed by atoms with Crippen molar-refractivity contribution in [1.29, 1.82) is 0 Å². The summed E-state index contributed by atoms with van der Waals surface area (Å²) >= 11 is 0. The molecule has 2 rings (SSSR count). The van der Waals surface area contributed by atoms with Crippen molar-refractivity contribution >= 4 is 23.6 Å². The maximum Gasteiger partial charge on any atom is 0.358 e. The molecule has 0 heterocycles. The van der Waals surface area contributed by atoms with E-state index in [1.54, 1.807) is 49.6 Å². The minimum absolute atomic E-state index is 0.156. The molecule has 0 saturated heterocycles. The van der Waals surface area contributed by atoms with Crippen LogP contribution in [0.5, 0.6) is 11.5 Å². The molecule has 0 radical (unpaired) electrons. The molecule has 29 heavy (non-hydrogen) atoms. The zero-order valence-corrected chi connectivity index (χ0v) is 16.0. The number of nitrogens with two attached hydrogens (primary N) is 1. The summed E-state index contributed by atoms with van der Waals surface area (Å²) in [4.78, 5) is 28.1. The number of carbonyl (C=O) groups is 2. The van der Waals surface area contributed by atoms with E-state index in [0.29, 0.717) is 30.2 Å². The molecule has 0 unspecified atom stereocenters. The summed E-state index contributed by atoms with van der Waals surface area (Å²) in [5, 5.41) is 2.62. The number of para-hydroxylation sites is 1. The van der Waals surface area contributed by atoms with Gasteiger partial charge in [0.05, 0.1) is 25.0 Å². The molecule has 3 N–H and O–H groups in total. The fourth-order valence-electron chi connectivity index (χ4n) is 2.45. The third kappa shape index (κ3) is 6.41. The van der Waals surface area contributed by atoms with Gasteiger partial charge in [0.25, 0.3) is 0 Å². The molecule has 0 bridgehead atoms. The molecule has 2 aromatic rings. The van der Waals surface area contributed by atoms with E-state index < -0.39 is 11.9 Å². The Balaban J connectivity index is 2.08. The highest BCUT2D eigenvalue weighted by Crippen LogP contribution is 2.28. The van der Waals surface area contributed by atoms with E-state index in [-0.39, 0.29) is 5.56 Å². The summed E-state index contributed by atoms with van der Waals surface area (Å²) in [5.41, 5.74) is 1.19. The van der Waals surface area contributed by atoms with Gasteiger partial charge in [0.15, 0.2) is 11.5 Å². The van der Waals surface area contributed by atoms with Crippen molar-refractivity contribution in [3.8, 4) is 23.8 Å². The number of rotatable bonds is 9. The number of benzene rings is 2. The second kappa shape index (κ2) is 11.2. The zero-order chi connectivity index (χ0) is 21.1. The molecular weight excluding hydrogens is 372 g/mol. The largest absolute Gasteiger partial charge is 0.493 e. The fourth-order valence-corrected chi connectivity index (χ4v) is 2.45. The molecule has 2 aromatic carbocycles. The molecule has 0 atom stereocenters. The van der Waals surface area contributed by atoms with Gasteiger partial charge in [-0.1, -0.05) is 18.2 Å². The van der Waals surface area contributed by atoms with Crippen molar-refractivity contribution < 1.29 is 23.9 Å². The monoisotopic (exact) mass is 394 g/mol. The molecule has 1 amide bonds. The van der Waals surface area contributed by atoms with Crippen LogP contribution in [0.25, 0.3) is 6.08 Å². The number of terminal acetylenes is 1. The van der Waals surface area contributed by atoms with Gasteiger partial charge in [-0.15, -0.1) is 12.3 Å². The van der Waals surface area contributed by atoms with Gasteiger partial charge in [-0.05, 0) is 42.3 Å². The molecule has 0 spiro atoms. The van der Waals surface area contributed by atoms with Crippen LogP contribution in [0, 0.1) is 12.3 Å². The molecule has 0 saturated carbocycles. The lowest BCUT2D eigenvalue weighted by molar-refractivity contribution is -0.111. The average molecular weight is 394 g/mol. The number of anilines is 1. The van der Waals surface area contributed by atoms with Gasteiger partial charge in [-0.2, -0.15) is 5.90 Å². The Morgan fingerprint density at radius 3 is 2.72 bits per heavy atom. The van der Waals surface area contributed by atoms with Crippen molar-refractivity contribution in [2.75, 3.05) is 19.0 Å². The van der Waals surface area contributed by atoms with E-state index >= 15 is 0 Å². The number of hydrogen-bond acceptors (Lipinski definition) is 6. The minimum Gasteiger partial charge on any atom is -0.493 e. The summed E-state index contributed by atoms with van der Waals surface area (Å²) in [6, 6.07) is 11.7. The normalized spacial score (nSPS) is 10.2. The fraction of sp³-hybridized carbons (Fsp3) is 0.182. The van der Waals surface area contributed by atoms with Gasteiger partial charge >= 0.3 is 5.97 Å². The Hall–Kier alpha value is -3.76. The van der Waals surface area contributed by atoms with Crippen molar-refractivity contribution in [1.82, 2.24) is 0 Å². The predicted molar refractivity (Wildman–Crippen MR) is 110 cm³/mol. The van der Waals surface area contributed by atoms with Crippen LogP contribution in [0.4, 0.5) is 5.69 Å². The smallest absolute Gasteiger partial charge is 0.358 e. The maximum atomic E-state index is 12.2. The number of carbonyl (C=O) groups excluding carboxylic acids is 2. The third-order valence-corrected chi connectivity index (χ3v) is 3.85. The molecule has 0 aromatic heterocycles. The molecule has 7 nitrogen and oxygen atoms in total. The lowest BCUT2D eigenvalue weighted by Gasteiger charge is -2.11. The van der Waals surface area contributed by atoms with E-state index in [9.17, 15) is 9.59 Å². The minimum atomic E-state index is -0.744. The first-order chi connectivity index (χ1) is 14.1. The van der Waals surface area contributed by atoms with E-state index in [0.717, 1.165) is 12.0 Å². The highest BCUT2D eigenvalue weighted by molar-refractivity contribution is 6.06. The summed E-state index contributed by atoms with van der Waals surface area (Å²) in [7, 11) is 1.55. The lowest BCUT2D eigenvalue weighted by atomic mass is 10.1. The molecule has 7 heteroatoms. The van der Waals surface area contributed by atoms with Crippen molar-refractivity contribution in [2.45, 2.75) is 12.8 Å². The van der Waals surface area contributed by atoms with Crippen LogP contribution in [-0.4, -0.2) is 25.6 Å². The number of unbranched alkanes of at least 4 members (excludes halogenated alkanes) is 1. The van der Waals surface area contributed by atoms with E-state index in [1.807, 2.05) is 0 Å². The van der Waals surface area contributed by atoms with Gasteiger partial charge in [-0.25, -0.2) is 4.79 Å². The Kier molecular flexibility index (Phi) is 8.29. The molecule has 0 aliphatic carbocycles. The van der Waals surface area contributed by atoms with Gasteiger partial charge in [-0.3, -0.25) is 4.79 Å². The first-order valence-corrected chi connectivity index (χ1v) is 8.82. The van der Waals surface area contributed by atoms with E-state index in [2.05, 4.69) is 16.1 Å². The molecular formula is C22H22N2O5. The second-order valence-electron chi connectivity index (χ2n) is 5.84. The van der Waals surface area contributed by atoms with Crippen LogP contribution in [0.15, 0.2) is 48.5 Å². The summed E-state index contributed by atoms with van der Waals surface area (Å²) < 4.78 is 11.0. The first kappa shape index (κ1) is 21.5. The summed E-state index contributed by atoms with van der Waals surface area (Å²) in [6.45, 7) is 0.461.